The normalized spacial score (nSPS) is 22.3. The first-order valence-corrected chi connectivity index (χ1v) is 10.6. The Bertz CT molecular complexity index is 1020. The van der Waals surface area contributed by atoms with Gasteiger partial charge in [0.25, 0.3) is 0 Å². The molecule has 2 atom stereocenters. The van der Waals surface area contributed by atoms with Crippen molar-refractivity contribution in [3.63, 3.8) is 0 Å². The third-order valence-electron chi connectivity index (χ3n) is 5.97. The second-order valence-corrected chi connectivity index (χ2v) is 8.63. The molecule has 1 saturated heterocycles. The molecule has 0 spiro atoms. The fraction of sp³-hybridized carbons (Fsp3) is 0.400. The summed E-state index contributed by atoms with van der Waals surface area (Å²) in [6.07, 6.45) is 2.87. The van der Waals surface area contributed by atoms with Gasteiger partial charge in [-0.1, -0.05) is 13.8 Å². The number of phenols is 1. The molecule has 0 radical (unpaired) electrons. The van der Waals surface area contributed by atoms with Crippen LogP contribution in [-0.4, -0.2) is 43.1 Å². The summed E-state index contributed by atoms with van der Waals surface area (Å²) in [5, 5.41) is 10.6. The Morgan fingerprint density at radius 2 is 1.87 bits per heavy atom. The SMILES string of the molecule is COc1ccc(OC)c(C=C2Oc3c(ccc(O)c3CN3C[C@@H](C)C[C@H](C)C3)C2=O)c1. The summed E-state index contributed by atoms with van der Waals surface area (Å²) >= 11 is 0. The largest absolute Gasteiger partial charge is 0.507 e. The van der Waals surface area contributed by atoms with Crippen LogP contribution in [0.4, 0.5) is 0 Å². The molecule has 0 amide bonds. The van der Waals surface area contributed by atoms with Gasteiger partial charge in [0.1, 0.15) is 23.0 Å². The number of likely N-dealkylation sites (tertiary alicyclic amines) is 1. The number of Topliss-reactive ketones (excluding diaryl/α,β-unsaturated/α-hetero) is 1. The van der Waals surface area contributed by atoms with Gasteiger partial charge < -0.3 is 19.3 Å². The number of rotatable bonds is 5. The van der Waals surface area contributed by atoms with E-state index in [1.807, 2.05) is 0 Å². The number of aromatic hydroxyl groups is 1. The molecule has 6 nitrogen and oxygen atoms in total. The Kier molecular flexibility index (Phi) is 5.92. The Hall–Kier alpha value is -2.99. The first-order chi connectivity index (χ1) is 14.9. The molecule has 1 fully saturated rings. The van der Waals surface area contributed by atoms with Gasteiger partial charge >= 0.3 is 0 Å². The van der Waals surface area contributed by atoms with Gasteiger partial charge in [0.05, 0.1) is 25.3 Å². The number of allylic oxidation sites excluding steroid dienone is 1. The van der Waals surface area contributed by atoms with Gasteiger partial charge in [-0.15, -0.1) is 0 Å². The Morgan fingerprint density at radius 3 is 2.55 bits per heavy atom. The van der Waals surface area contributed by atoms with Crippen molar-refractivity contribution in [3.05, 3.63) is 52.8 Å². The number of fused-ring (bicyclic) bond motifs is 1. The Balaban J connectivity index is 1.67. The van der Waals surface area contributed by atoms with E-state index in [4.69, 9.17) is 14.2 Å². The van der Waals surface area contributed by atoms with E-state index >= 15 is 0 Å². The van der Waals surface area contributed by atoms with Crippen molar-refractivity contribution in [1.82, 2.24) is 4.90 Å². The number of phenolic OH excluding ortho intramolecular Hbond substituents is 1. The average molecular weight is 424 g/mol. The summed E-state index contributed by atoms with van der Waals surface area (Å²) in [4.78, 5) is 15.4. The summed E-state index contributed by atoms with van der Waals surface area (Å²) in [6.45, 7) is 6.98. The first-order valence-electron chi connectivity index (χ1n) is 10.6. The summed E-state index contributed by atoms with van der Waals surface area (Å²) in [5.74, 6) is 3.06. The van der Waals surface area contributed by atoms with Crippen molar-refractivity contribution in [2.24, 2.45) is 11.8 Å². The van der Waals surface area contributed by atoms with Gasteiger partial charge in [0, 0.05) is 25.2 Å². The van der Waals surface area contributed by atoms with E-state index in [1.54, 1.807) is 50.6 Å². The molecule has 2 heterocycles. The van der Waals surface area contributed by atoms with Crippen molar-refractivity contribution >= 4 is 11.9 Å². The number of ether oxygens (including phenoxy) is 3. The minimum absolute atomic E-state index is 0.151. The first kappa shape index (κ1) is 21.2. The zero-order valence-corrected chi connectivity index (χ0v) is 18.5. The van der Waals surface area contributed by atoms with E-state index in [9.17, 15) is 9.90 Å². The molecule has 6 heteroatoms. The standard InChI is InChI=1S/C25H29NO5/c1-15-9-16(2)13-26(12-15)14-20-21(27)7-6-19-24(28)23(31-25(19)20)11-17-10-18(29-3)5-8-22(17)30-4/h5-8,10-11,15-16,27H,9,12-14H2,1-4H3/t15-,16-/m0/s1. The second kappa shape index (κ2) is 8.63. The molecule has 31 heavy (non-hydrogen) atoms. The van der Waals surface area contributed by atoms with Crippen molar-refractivity contribution in [2.45, 2.75) is 26.8 Å². The number of nitrogens with zero attached hydrogens (tertiary/aromatic N) is 1. The highest BCUT2D eigenvalue weighted by Crippen LogP contribution is 2.41. The van der Waals surface area contributed by atoms with Crippen LogP contribution in [0.2, 0.25) is 0 Å². The lowest BCUT2D eigenvalue weighted by Crippen LogP contribution is -2.38. The molecule has 2 aromatic carbocycles. The Labute approximate surface area is 183 Å². The third kappa shape index (κ3) is 4.26. The lowest BCUT2D eigenvalue weighted by molar-refractivity contribution is 0.101. The highest BCUT2D eigenvalue weighted by molar-refractivity contribution is 6.15. The summed E-state index contributed by atoms with van der Waals surface area (Å²) < 4.78 is 16.7. The van der Waals surface area contributed by atoms with Crippen LogP contribution >= 0.6 is 0 Å². The van der Waals surface area contributed by atoms with Gasteiger partial charge in [0.15, 0.2) is 5.76 Å². The van der Waals surface area contributed by atoms with Gasteiger partial charge in [-0.2, -0.15) is 0 Å². The maximum absolute atomic E-state index is 13.1. The number of carbonyl (C=O) groups excluding carboxylic acids is 1. The van der Waals surface area contributed by atoms with Crippen molar-refractivity contribution in [1.29, 1.82) is 0 Å². The maximum Gasteiger partial charge on any atom is 0.231 e. The molecule has 2 aromatic rings. The smallest absolute Gasteiger partial charge is 0.231 e. The number of benzene rings is 2. The number of carbonyl (C=O) groups is 1. The van der Waals surface area contributed by atoms with Crippen LogP contribution in [0.5, 0.6) is 23.0 Å². The van der Waals surface area contributed by atoms with E-state index in [-0.39, 0.29) is 17.3 Å². The minimum atomic E-state index is -0.207. The summed E-state index contributed by atoms with van der Waals surface area (Å²) in [6, 6.07) is 8.58. The molecule has 0 bridgehead atoms. The van der Waals surface area contributed by atoms with Gasteiger partial charge in [-0.3, -0.25) is 9.69 Å². The molecule has 0 saturated carbocycles. The van der Waals surface area contributed by atoms with Crippen LogP contribution < -0.4 is 14.2 Å². The van der Waals surface area contributed by atoms with Crippen LogP contribution in [0.1, 0.15) is 41.8 Å². The van der Waals surface area contributed by atoms with Crippen molar-refractivity contribution in [3.8, 4) is 23.0 Å². The van der Waals surface area contributed by atoms with Gasteiger partial charge in [-0.05, 0) is 54.7 Å². The van der Waals surface area contributed by atoms with Crippen molar-refractivity contribution in [2.75, 3.05) is 27.3 Å². The fourth-order valence-electron chi connectivity index (χ4n) is 4.69. The molecule has 164 valence electrons. The van der Waals surface area contributed by atoms with Crippen LogP contribution in [0.3, 0.4) is 0 Å². The van der Waals surface area contributed by atoms with E-state index in [1.165, 1.54) is 6.42 Å². The molecule has 1 N–H and O–H groups in total. The molecule has 0 aromatic heterocycles. The van der Waals surface area contributed by atoms with E-state index in [2.05, 4.69) is 18.7 Å². The zero-order chi connectivity index (χ0) is 22.1. The lowest BCUT2D eigenvalue weighted by Gasteiger charge is -2.35. The molecule has 4 rings (SSSR count). The zero-order valence-electron chi connectivity index (χ0n) is 18.5. The number of piperidine rings is 1. The lowest BCUT2D eigenvalue weighted by atomic mass is 9.91. The number of methoxy groups -OCH3 is 2. The quantitative estimate of drug-likeness (QED) is 0.714. The summed E-state index contributed by atoms with van der Waals surface area (Å²) in [5.41, 5.74) is 1.81. The highest BCUT2D eigenvalue weighted by Gasteiger charge is 2.33. The maximum atomic E-state index is 13.1. The average Bonchev–Trinajstić information content (AvgIpc) is 3.05. The second-order valence-electron chi connectivity index (χ2n) is 8.63. The van der Waals surface area contributed by atoms with Gasteiger partial charge in [-0.25, -0.2) is 0 Å². The van der Waals surface area contributed by atoms with Crippen LogP contribution in [-0.2, 0) is 6.54 Å². The van der Waals surface area contributed by atoms with Gasteiger partial charge in [0.2, 0.25) is 5.78 Å². The number of ketones is 1. The highest BCUT2D eigenvalue weighted by atomic mass is 16.5. The molecular formula is C25H29NO5. The number of hydrogen-bond donors (Lipinski definition) is 1. The molecule has 2 aliphatic heterocycles. The number of hydrogen-bond acceptors (Lipinski definition) is 6. The van der Waals surface area contributed by atoms with Crippen LogP contribution in [0.25, 0.3) is 6.08 Å². The predicted molar refractivity (Wildman–Crippen MR) is 119 cm³/mol. The van der Waals surface area contributed by atoms with E-state index in [0.29, 0.717) is 52.3 Å². The Morgan fingerprint density at radius 1 is 1.13 bits per heavy atom. The molecular weight excluding hydrogens is 394 g/mol. The fourth-order valence-corrected chi connectivity index (χ4v) is 4.69. The minimum Gasteiger partial charge on any atom is -0.507 e. The van der Waals surface area contributed by atoms with Crippen LogP contribution in [0.15, 0.2) is 36.1 Å². The molecule has 0 aliphatic carbocycles. The van der Waals surface area contributed by atoms with Crippen molar-refractivity contribution < 1.29 is 24.1 Å². The van der Waals surface area contributed by atoms with Crippen LogP contribution in [0, 0.1) is 11.8 Å². The molecule has 0 unspecified atom stereocenters. The predicted octanol–water partition coefficient (Wildman–Crippen LogP) is 4.50. The monoisotopic (exact) mass is 423 g/mol. The summed E-state index contributed by atoms with van der Waals surface area (Å²) in [7, 11) is 3.16. The molecule has 2 aliphatic rings. The van der Waals surface area contributed by atoms with E-state index < -0.39 is 0 Å². The third-order valence-corrected chi connectivity index (χ3v) is 5.97. The van der Waals surface area contributed by atoms with E-state index in [0.717, 1.165) is 13.1 Å². The topological polar surface area (TPSA) is 68.2 Å².